The van der Waals surface area contributed by atoms with Gasteiger partial charge in [0.1, 0.15) is 0 Å². The number of hydrogen-bond donors (Lipinski definition) is 2. The summed E-state index contributed by atoms with van der Waals surface area (Å²) in [5, 5.41) is 9.03. The van der Waals surface area contributed by atoms with Gasteiger partial charge in [-0.15, -0.1) is 0 Å². The van der Waals surface area contributed by atoms with E-state index in [1.165, 1.54) is 18.5 Å². The molecule has 100 valence electrons. The van der Waals surface area contributed by atoms with E-state index >= 15 is 0 Å². The highest BCUT2D eigenvalue weighted by Gasteiger charge is 2.19. The third-order valence-electron chi connectivity index (χ3n) is 3.66. The van der Waals surface area contributed by atoms with Gasteiger partial charge in [0.25, 0.3) is 0 Å². The van der Waals surface area contributed by atoms with E-state index in [0.29, 0.717) is 12.5 Å². The number of pyridine rings is 1. The van der Waals surface area contributed by atoms with E-state index in [2.05, 4.69) is 16.0 Å². The topological polar surface area (TPSA) is 62.4 Å². The quantitative estimate of drug-likeness (QED) is 0.852. The minimum absolute atomic E-state index is 0.0115. The van der Waals surface area contributed by atoms with Crippen molar-refractivity contribution >= 4 is 5.69 Å². The lowest BCUT2D eigenvalue weighted by Gasteiger charge is -2.34. The second-order valence-corrected chi connectivity index (χ2v) is 5.20. The van der Waals surface area contributed by atoms with Gasteiger partial charge in [0.15, 0.2) is 0 Å². The fraction of sp³-hybridized carbons (Fsp3) is 0.643. The molecule has 0 bridgehead atoms. The van der Waals surface area contributed by atoms with Crippen molar-refractivity contribution in [3.63, 3.8) is 0 Å². The maximum Gasteiger partial charge on any atom is 0.0569 e. The van der Waals surface area contributed by atoms with Gasteiger partial charge in [-0.25, -0.2) is 0 Å². The monoisotopic (exact) mass is 249 g/mol. The van der Waals surface area contributed by atoms with Gasteiger partial charge in [-0.2, -0.15) is 0 Å². The highest BCUT2D eigenvalue weighted by molar-refractivity contribution is 5.45. The summed E-state index contributed by atoms with van der Waals surface area (Å²) in [5.74, 6) is 0.608. The van der Waals surface area contributed by atoms with Crippen LogP contribution in [0, 0.1) is 5.92 Å². The number of anilines is 1. The standard InChI is InChI=1S/C14H23N3O/c1-11(15)14-5-4-13(9-16-14)17-7-2-3-12(10-17)6-8-18/h4-5,9,11-12,18H,2-3,6-8,10,15H2,1H3/t11-,12?/m1/s1. The van der Waals surface area contributed by atoms with E-state index < -0.39 is 0 Å². The molecule has 0 aliphatic carbocycles. The molecule has 0 spiro atoms. The van der Waals surface area contributed by atoms with E-state index in [1.54, 1.807) is 0 Å². The Labute approximate surface area is 109 Å². The molecule has 0 amide bonds. The lowest BCUT2D eigenvalue weighted by Crippen LogP contribution is -2.35. The van der Waals surface area contributed by atoms with E-state index in [-0.39, 0.29) is 6.04 Å². The molecule has 1 saturated heterocycles. The predicted octanol–water partition coefficient (Wildman–Crippen LogP) is 1.70. The lowest BCUT2D eigenvalue weighted by molar-refractivity contribution is 0.244. The van der Waals surface area contributed by atoms with Gasteiger partial charge in [-0.05, 0) is 44.2 Å². The number of aliphatic hydroxyl groups is 1. The zero-order chi connectivity index (χ0) is 13.0. The highest BCUT2D eigenvalue weighted by atomic mass is 16.3. The van der Waals surface area contributed by atoms with Gasteiger partial charge in [0, 0.05) is 25.7 Å². The second kappa shape index (κ2) is 6.16. The summed E-state index contributed by atoms with van der Waals surface area (Å²) in [6, 6.07) is 4.10. The molecule has 1 fully saturated rings. The summed E-state index contributed by atoms with van der Waals surface area (Å²) in [5.41, 5.74) is 7.90. The van der Waals surface area contributed by atoms with Crippen LogP contribution in [0.1, 0.15) is 37.9 Å². The van der Waals surface area contributed by atoms with Gasteiger partial charge in [0.05, 0.1) is 17.6 Å². The van der Waals surface area contributed by atoms with Crippen molar-refractivity contribution in [2.45, 2.75) is 32.2 Å². The van der Waals surface area contributed by atoms with Gasteiger partial charge >= 0.3 is 0 Å². The van der Waals surface area contributed by atoms with Crippen LogP contribution in [0.15, 0.2) is 18.3 Å². The van der Waals surface area contributed by atoms with Crippen molar-refractivity contribution in [1.29, 1.82) is 0 Å². The van der Waals surface area contributed by atoms with Crippen molar-refractivity contribution in [2.75, 3.05) is 24.6 Å². The van der Waals surface area contributed by atoms with Gasteiger partial charge in [0.2, 0.25) is 0 Å². The molecule has 1 unspecified atom stereocenters. The molecule has 0 radical (unpaired) electrons. The zero-order valence-corrected chi connectivity index (χ0v) is 11.0. The van der Waals surface area contributed by atoms with Crippen LogP contribution in [0.4, 0.5) is 5.69 Å². The van der Waals surface area contributed by atoms with Crippen molar-refractivity contribution in [3.8, 4) is 0 Å². The van der Waals surface area contributed by atoms with Crippen molar-refractivity contribution in [1.82, 2.24) is 4.98 Å². The Morgan fingerprint density at radius 2 is 2.39 bits per heavy atom. The Morgan fingerprint density at radius 3 is 3.00 bits per heavy atom. The molecule has 2 rings (SSSR count). The molecule has 3 N–H and O–H groups in total. The molecular formula is C14H23N3O. The van der Waals surface area contributed by atoms with E-state index in [1.807, 2.05) is 19.2 Å². The van der Waals surface area contributed by atoms with E-state index in [0.717, 1.165) is 25.2 Å². The average Bonchev–Trinajstić information content (AvgIpc) is 2.39. The van der Waals surface area contributed by atoms with Crippen molar-refractivity contribution in [2.24, 2.45) is 11.7 Å². The highest BCUT2D eigenvalue weighted by Crippen LogP contribution is 2.24. The summed E-state index contributed by atoms with van der Waals surface area (Å²) < 4.78 is 0. The Bertz CT molecular complexity index is 362. The first-order chi connectivity index (χ1) is 8.70. The van der Waals surface area contributed by atoms with Crippen LogP contribution < -0.4 is 10.6 Å². The predicted molar refractivity (Wildman–Crippen MR) is 73.5 cm³/mol. The third-order valence-corrected chi connectivity index (χ3v) is 3.66. The molecule has 2 heterocycles. The summed E-state index contributed by atoms with van der Waals surface area (Å²) in [4.78, 5) is 6.77. The number of hydrogen-bond acceptors (Lipinski definition) is 4. The Hall–Kier alpha value is -1.13. The minimum atomic E-state index is -0.0115. The molecule has 1 aliphatic heterocycles. The molecule has 0 saturated carbocycles. The SMILES string of the molecule is C[C@@H](N)c1ccc(N2CCCC(CCO)C2)cn1. The Kier molecular flexibility index (Phi) is 4.55. The smallest absolute Gasteiger partial charge is 0.0569 e. The van der Waals surface area contributed by atoms with Crippen LogP contribution in [0.3, 0.4) is 0 Å². The summed E-state index contributed by atoms with van der Waals surface area (Å²) >= 11 is 0. The first kappa shape index (κ1) is 13.3. The third kappa shape index (κ3) is 3.21. The van der Waals surface area contributed by atoms with E-state index in [4.69, 9.17) is 10.8 Å². The average molecular weight is 249 g/mol. The van der Waals surface area contributed by atoms with Crippen molar-refractivity contribution in [3.05, 3.63) is 24.0 Å². The van der Waals surface area contributed by atoms with Crippen LogP contribution in [0.25, 0.3) is 0 Å². The number of rotatable bonds is 4. The number of nitrogens with zero attached hydrogens (tertiary/aromatic N) is 2. The lowest BCUT2D eigenvalue weighted by atomic mass is 9.95. The Morgan fingerprint density at radius 1 is 1.56 bits per heavy atom. The maximum absolute atomic E-state index is 9.03. The number of aromatic nitrogens is 1. The Balaban J connectivity index is 2.02. The summed E-state index contributed by atoms with van der Waals surface area (Å²) in [6.07, 6.45) is 5.24. The van der Waals surface area contributed by atoms with Gasteiger partial charge in [-0.3, -0.25) is 4.98 Å². The molecule has 0 aromatic carbocycles. The number of piperidine rings is 1. The fourth-order valence-corrected chi connectivity index (χ4v) is 2.57. The first-order valence-electron chi connectivity index (χ1n) is 6.78. The molecule has 1 aromatic rings. The molecular weight excluding hydrogens is 226 g/mol. The molecule has 4 heteroatoms. The van der Waals surface area contributed by atoms with Crippen LogP contribution >= 0.6 is 0 Å². The largest absolute Gasteiger partial charge is 0.396 e. The molecule has 1 aliphatic rings. The summed E-state index contributed by atoms with van der Waals surface area (Å²) in [7, 11) is 0. The van der Waals surface area contributed by atoms with Crippen LogP contribution in [-0.4, -0.2) is 29.8 Å². The van der Waals surface area contributed by atoms with Gasteiger partial charge < -0.3 is 15.7 Å². The summed E-state index contributed by atoms with van der Waals surface area (Å²) in [6.45, 7) is 4.35. The van der Waals surface area contributed by atoms with Crippen LogP contribution in [0.2, 0.25) is 0 Å². The first-order valence-corrected chi connectivity index (χ1v) is 6.78. The van der Waals surface area contributed by atoms with Crippen LogP contribution in [0.5, 0.6) is 0 Å². The molecule has 4 nitrogen and oxygen atoms in total. The molecule has 1 aromatic heterocycles. The number of nitrogens with two attached hydrogens (primary N) is 1. The maximum atomic E-state index is 9.03. The van der Waals surface area contributed by atoms with Crippen LogP contribution in [-0.2, 0) is 0 Å². The molecule has 2 atom stereocenters. The number of aliphatic hydroxyl groups excluding tert-OH is 1. The normalized spacial score (nSPS) is 21.9. The van der Waals surface area contributed by atoms with Crippen molar-refractivity contribution < 1.29 is 5.11 Å². The zero-order valence-electron chi connectivity index (χ0n) is 11.0. The van der Waals surface area contributed by atoms with E-state index in [9.17, 15) is 0 Å². The molecule has 18 heavy (non-hydrogen) atoms. The minimum Gasteiger partial charge on any atom is -0.396 e. The van der Waals surface area contributed by atoms with Gasteiger partial charge in [-0.1, -0.05) is 0 Å². The fourth-order valence-electron chi connectivity index (χ4n) is 2.57. The second-order valence-electron chi connectivity index (χ2n) is 5.20.